The molecule has 1 amide bonds. The summed E-state index contributed by atoms with van der Waals surface area (Å²) in [4.78, 5) is 14.5. The standard InChI is InChI=1S/C13H24N2O2/c1-9-8-17-10(2)7-15(9)13(16)11-4-3-5-12(14)6-11/h9-12H,3-8,14H2,1-2H3/t9-,10-,11-,12+/m1/s1. The minimum atomic E-state index is 0.145. The lowest BCUT2D eigenvalue weighted by molar-refractivity contribution is -0.148. The number of morpholine rings is 1. The summed E-state index contributed by atoms with van der Waals surface area (Å²) in [5, 5.41) is 0. The highest BCUT2D eigenvalue weighted by atomic mass is 16.5. The Kier molecular flexibility index (Phi) is 4.05. The molecule has 0 spiro atoms. The van der Waals surface area contributed by atoms with Crippen molar-refractivity contribution in [2.75, 3.05) is 13.2 Å². The summed E-state index contributed by atoms with van der Waals surface area (Å²) in [6, 6.07) is 0.420. The number of carbonyl (C=O) groups is 1. The van der Waals surface area contributed by atoms with Crippen molar-refractivity contribution in [3.63, 3.8) is 0 Å². The van der Waals surface area contributed by atoms with E-state index in [2.05, 4.69) is 6.92 Å². The van der Waals surface area contributed by atoms with E-state index in [1.807, 2.05) is 11.8 Å². The largest absolute Gasteiger partial charge is 0.375 e. The summed E-state index contributed by atoms with van der Waals surface area (Å²) >= 11 is 0. The monoisotopic (exact) mass is 240 g/mol. The fraction of sp³-hybridized carbons (Fsp3) is 0.923. The number of ether oxygens (including phenoxy) is 1. The highest BCUT2D eigenvalue weighted by Gasteiger charge is 2.33. The van der Waals surface area contributed by atoms with Crippen molar-refractivity contribution in [3.05, 3.63) is 0 Å². The van der Waals surface area contributed by atoms with Crippen LogP contribution in [0.25, 0.3) is 0 Å². The van der Waals surface area contributed by atoms with Crippen LogP contribution in [0.15, 0.2) is 0 Å². The molecule has 1 saturated carbocycles. The van der Waals surface area contributed by atoms with E-state index < -0.39 is 0 Å². The van der Waals surface area contributed by atoms with Crippen LogP contribution in [0.4, 0.5) is 0 Å². The molecular formula is C13H24N2O2. The maximum atomic E-state index is 12.5. The van der Waals surface area contributed by atoms with Crippen molar-refractivity contribution < 1.29 is 9.53 Å². The predicted octanol–water partition coefficient (Wildman–Crippen LogP) is 1.14. The molecule has 1 saturated heterocycles. The zero-order valence-corrected chi connectivity index (χ0v) is 10.9. The summed E-state index contributed by atoms with van der Waals surface area (Å²) in [5.41, 5.74) is 5.96. The molecule has 0 aromatic carbocycles. The van der Waals surface area contributed by atoms with Crippen LogP contribution in [0.2, 0.25) is 0 Å². The Morgan fingerprint density at radius 1 is 1.35 bits per heavy atom. The molecule has 1 aliphatic heterocycles. The number of carbonyl (C=O) groups excluding carboxylic acids is 1. The number of nitrogens with zero attached hydrogens (tertiary/aromatic N) is 1. The van der Waals surface area contributed by atoms with Crippen molar-refractivity contribution in [1.29, 1.82) is 0 Å². The third kappa shape index (κ3) is 2.99. The van der Waals surface area contributed by atoms with Gasteiger partial charge in [0.2, 0.25) is 5.91 Å². The molecule has 98 valence electrons. The third-order valence-corrected chi connectivity index (χ3v) is 3.95. The van der Waals surface area contributed by atoms with Gasteiger partial charge in [-0.3, -0.25) is 4.79 Å². The van der Waals surface area contributed by atoms with E-state index in [9.17, 15) is 4.79 Å². The smallest absolute Gasteiger partial charge is 0.226 e. The molecule has 4 nitrogen and oxygen atoms in total. The lowest BCUT2D eigenvalue weighted by Crippen LogP contribution is -2.53. The van der Waals surface area contributed by atoms with Gasteiger partial charge >= 0.3 is 0 Å². The van der Waals surface area contributed by atoms with Gasteiger partial charge in [0.05, 0.1) is 18.8 Å². The van der Waals surface area contributed by atoms with Crippen molar-refractivity contribution in [2.45, 2.75) is 57.7 Å². The van der Waals surface area contributed by atoms with E-state index >= 15 is 0 Å². The summed E-state index contributed by atoms with van der Waals surface area (Å²) in [6.07, 6.45) is 4.18. The van der Waals surface area contributed by atoms with Crippen LogP contribution in [0.5, 0.6) is 0 Å². The fourth-order valence-electron chi connectivity index (χ4n) is 2.90. The summed E-state index contributed by atoms with van der Waals surface area (Å²) < 4.78 is 5.56. The van der Waals surface area contributed by atoms with Gasteiger partial charge in [-0.15, -0.1) is 0 Å². The molecule has 2 rings (SSSR count). The van der Waals surface area contributed by atoms with Gasteiger partial charge in [0.25, 0.3) is 0 Å². The van der Waals surface area contributed by atoms with E-state index in [0.717, 1.165) is 32.2 Å². The number of rotatable bonds is 1. The number of hydrogen-bond acceptors (Lipinski definition) is 3. The van der Waals surface area contributed by atoms with Crippen LogP contribution in [0, 0.1) is 5.92 Å². The van der Waals surface area contributed by atoms with Crippen LogP contribution in [0.1, 0.15) is 39.5 Å². The van der Waals surface area contributed by atoms with Gasteiger partial charge < -0.3 is 15.4 Å². The summed E-state index contributed by atoms with van der Waals surface area (Å²) in [7, 11) is 0. The van der Waals surface area contributed by atoms with Gasteiger partial charge in [-0.1, -0.05) is 6.42 Å². The van der Waals surface area contributed by atoms with E-state index in [4.69, 9.17) is 10.5 Å². The maximum absolute atomic E-state index is 12.5. The number of amides is 1. The van der Waals surface area contributed by atoms with Gasteiger partial charge in [-0.25, -0.2) is 0 Å². The van der Waals surface area contributed by atoms with Crippen LogP contribution in [0.3, 0.4) is 0 Å². The van der Waals surface area contributed by atoms with Crippen LogP contribution < -0.4 is 5.73 Å². The highest BCUT2D eigenvalue weighted by Crippen LogP contribution is 2.26. The van der Waals surface area contributed by atoms with Crippen molar-refractivity contribution in [1.82, 2.24) is 4.90 Å². The molecule has 0 unspecified atom stereocenters. The second kappa shape index (κ2) is 5.36. The molecule has 1 aliphatic carbocycles. The first-order valence-corrected chi connectivity index (χ1v) is 6.75. The SMILES string of the molecule is C[C@@H]1CN(C(=O)[C@@H]2CCC[C@H](N)C2)[C@H](C)CO1. The molecule has 2 aliphatic rings. The first-order chi connectivity index (χ1) is 8.08. The van der Waals surface area contributed by atoms with Gasteiger partial charge in [-0.2, -0.15) is 0 Å². The van der Waals surface area contributed by atoms with E-state index in [-0.39, 0.29) is 24.1 Å². The quantitative estimate of drug-likeness (QED) is 0.748. The summed E-state index contributed by atoms with van der Waals surface area (Å²) in [5.74, 6) is 0.439. The molecular weight excluding hydrogens is 216 g/mol. The Balaban J connectivity index is 1.97. The molecule has 4 heteroatoms. The topological polar surface area (TPSA) is 55.6 Å². The normalized spacial score (nSPS) is 39.1. The third-order valence-electron chi connectivity index (χ3n) is 3.95. The van der Waals surface area contributed by atoms with E-state index in [0.29, 0.717) is 12.5 Å². The zero-order valence-electron chi connectivity index (χ0n) is 10.9. The lowest BCUT2D eigenvalue weighted by Gasteiger charge is -2.40. The molecule has 0 aromatic rings. The first kappa shape index (κ1) is 12.8. The van der Waals surface area contributed by atoms with Crippen molar-refractivity contribution in [3.8, 4) is 0 Å². The van der Waals surface area contributed by atoms with Crippen molar-refractivity contribution in [2.24, 2.45) is 11.7 Å². The minimum absolute atomic E-state index is 0.145. The molecule has 0 bridgehead atoms. The minimum Gasteiger partial charge on any atom is -0.375 e. The van der Waals surface area contributed by atoms with Gasteiger partial charge in [0.1, 0.15) is 0 Å². The molecule has 0 radical (unpaired) electrons. The Labute approximate surface area is 103 Å². The van der Waals surface area contributed by atoms with Crippen LogP contribution >= 0.6 is 0 Å². The Morgan fingerprint density at radius 3 is 2.82 bits per heavy atom. The Bertz CT molecular complexity index is 283. The number of hydrogen-bond donors (Lipinski definition) is 1. The highest BCUT2D eigenvalue weighted by molar-refractivity contribution is 5.79. The molecule has 4 atom stereocenters. The summed E-state index contributed by atoms with van der Waals surface area (Å²) in [6.45, 7) is 5.47. The average molecular weight is 240 g/mol. The molecule has 17 heavy (non-hydrogen) atoms. The lowest BCUT2D eigenvalue weighted by atomic mass is 9.85. The molecule has 1 heterocycles. The molecule has 2 N–H and O–H groups in total. The molecule has 0 aromatic heterocycles. The van der Waals surface area contributed by atoms with Gasteiger partial charge in [-0.05, 0) is 33.1 Å². The fourth-order valence-corrected chi connectivity index (χ4v) is 2.90. The Morgan fingerprint density at radius 2 is 2.12 bits per heavy atom. The number of nitrogens with two attached hydrogens (primary N) is 1. The average Bonchev–Trinajstić information content (AvgIpc) is 2.31. The molecule has 2 fully saturated rings. The van der Waals surface area contributed by atoms with Gasteiger partial charge in [0, 0.05) is 18.5 Å². The zero-order chi connectivity index (χ0) is 12.4. The second-order valence-corrected chi connectivity index (χ2v) is 5.61. The predicted molar refractivity (Wildman–Crippen MR) is 66.5 cm³/mol. The maximum Gasteiger partial charge on any atom is 0.226 e. The second-order valence-electron chi connectivity index (χ2n) is 5.61. The van der Waals surface area contributed by atoms with Crippen molar-refractivity contribution >= 4 is 5.91 Å². The van der Waals surface area contributed by atoms with Gasteiger partial charge in [0.15, 0.2) is 0 Å². The van der Waals surface area contributed by atoms with Crippen LogP contribution in [-0.2, 0) is 9.53 Å². The first-order valence-electron chi connectivity index (χ1n) is 6.75. The van der Waals surface area contributed by atoms with E-state index in [1.165, 1.54) is 0 Å². The Hall–Kier alpha value is -0.610. The van der Waals surface area contributed by atoms with Crippen LogP contribution in [-0.4, -0.2) is 42.1 Å². The van der Waals surface area contributed by atoms with E-state index in [1.54, 1.807) is 0 Å².